The van der Waals surface area contributed by atoms with Gasteiger partial charge in [0.15, 0.2) is 0 Å². The average Bonchev–Trinajstić information content (AvgIpc) is 3.05. The van der Waals surface area contributed by atoms with Gasteiger partial charge in [0.2, 0.25) is 0 Å². The summed E-state index contributed by atoms with van der Waals surface area (Å²) in [6.45, 7) is 2.01. The molecule has 0 unspecified atom stereocenters. The Morgan fingerprint density at radius 3 is 2.38 bits per heavy atom. The summed E-state index contributed by atoms with van der Waals surface area (Å²) in [4.78, 5) is 19.6. The summed E-state index contributed by atoms with van der Waals surface area (Å²) in [5.74, 6) is 0.969. The van der Waals surface area contributed by atoms with Crippen LogP contribution in [0.15, 0.2) is 83.5 Å². The number of nitrogens with zero attached hydrogens (tertiary/aromatic N) is 2. The van der Waals surface area contributed by atoms with Crippen LogP contribution in [0, 0.1) is 6.92 Å². The molecule has 0 aliphatic carbocycles. The number of ether oxygens (including phenoxy) is 1. The van der Waals surface area contributed by atoms with Crippen LogP contribution in [0.1, 0.15) is 16.7 Å². The van der Waals surface area contributed by atoms with E-state index in [2.05, 4.69) is 4.99 Å². The van der Waals surface area contributed by atoms with Gasteiger partial charge in [-0.2, -0.15) is 0 Å². The van der Waals surface area contributed by atoms with Crippen LogP contribution in [0.2, 0.25) is 5.02 Å². The van der Waals surface area contributed by atoms with Gasteiger partial charge in [0.1, 0.15) is 17.3 Å². The van der Waals surface area contributed by atoms with Crippen molar-refractivity contribution in [3.05, 3.63) is 100 Å². The Labute approximate surface area is 174 Å². The van der Waals surface area contributed by atoms with Gasteiger partial charge in [0, 0.05) is 11.1 Å². The summed E-state index contributed by atoms with van der Waals surface area (Å²) in [5, 5.41) is 0.537. The van der Waals surface area contributed by atoms with Gasteiger partial charge in [-0.3, -0.25) is 9.69 Å². The number of benzene rings is 3. The van der Waals surface area contributed by atoms with Crippen LogP contribution in [0.4, 0.5) is 5.69 Å². The van der Waals surface area contributed by atoms with Gasteiger partial charge in [-0.25, -0.2) is 4.99 Å². The fourth-order valence-electron chi connectivity index (χ4n) is 3.21. The van der Waals surface area contributed by atoms with E-state index in [4.69, 9.17) is 16.3 Å². The van der Waals surface area contributed by atoms with Crippen LogP contribution in [0.5, 0.6) is 5.75 Å². The Morgan fingerprint density at radius 1 is 0.966 bits per heavy atom. The first-order valence-electron chi connectivity index (χ1n) is 9.18. The van der Waals surface area contributed by atoms with Crippen LogP contribution in [-0.2, 0) is 4.79 Å². The highest BCUT2D eigenvalue weighted by Gasteiger charge is 2.33. The number of aliphatic imine (C=N–C) groups is 1. The van der Waals surface area contributed by atoms with E-state index in [0.29, 0.717) is 27.9 Å². The first kappa shape index (κ1) is 19.0. The molecule has 0 fully saturated rings. The van der Waals surface area contributed by atoms with Gasteiger partial charge in [-0.05, 0) is 43.3 Å². The van der Waals surface area contributed by atoms with Gasteiger partial charge in [0.25, 0.3) is 5.91 Å². The lowest BCUT2D eigenvalue weighted by molar-refractivity contribution is -0.113. The maximum Gasteiger partial charge on any atom is 0.282 e. The number of rotatable bonds is 4. The fraction of sp³-hybridized carbons (Fsp3) is 0.0833. The lowest BCUT2D eigenvalue weighted by Crippen LogP contribution is -2.32. The van der Waals surface area contributed by atoms with Crippen molar-refractivity contribution in [3.63, 3.8) is 0 Å². The molecule has 4 nitrogen and oxygen atoms in total. The predicted octanol–water partition coefficient (Wildman–Crippen LogP) is 5.49. The number of hydrogen-bond donors (Lipinski definition) is 0. The molecule has 0 radical (unpaired) electrons. The Balaban J connectivity index is 1.86. The van der Waals surface area contributed by atoms with Crippen LogP contribution in [-0.4, -0.2) is 18.9 Å². The Bertz CT molecular complexity index is 1130. The molecule has 0 saturated carbocycles. The molecule has 3 aromatic carbocycles. The van der Waals surface area contributed by atoms with Gasteiger partial charge in [-0.1, -0.05) is 59.6 Å². The van der Waals surface area contributed by atoms with Crippen LogP contribution in [0.25, 0.3) is 6.08 Å². The van der Waals surface area contributed by atoms with E-state index in [-0.39, 0.29) is 5.91 Å². The minimum Gasteiger partial charge on any atom is -0.496 e. The van der Waals surface area contributed by atoms with Crippen molar-refractivity contribution in [2.75, 3.05) is 12.0 Å². The fourth-order valence-corrected chi connectivity index (χ4v) is 3.43. The number of amidine groups is 1. The Hall–Kier alpha value is -3.37. The van der Waals surface area contributed by atoms with Gasteiger partial charge >= 0.3 is 0 Å². The summed E-state index contributed by atoms with van der Waals surface area (Å²) in [6, 6.07) is 22.6. The molecule has 1 heterocycles. The predicted molar refractivity (Wildman–Crippen MR) is 118 cm³/mol. The smallest absolute Gasteiger partial charge is 0.282 e. The van der Waals surface area contributed by atoms with E-state index >= 15 is 0 Å². The van der Waals surface area contributed by atoms with Crippen molar-refractivity contribution >= 4 is 35.1 Å². The van der Waals surface area contributed by atoms with Gasteiger partial charge in [0.05, 0.1) is 17.8 Å². The number of amides is 1. The number of carbonyl (C=O) groups excluding carboxylic acids is 1. The number of aryl methyl sites for hydroxylation is 1. The molecule has 0 aromatic heterocycles. The van der Waals surface area contributed by atoms with Crippen molar-refractivity contribution in [1.29, 1.82) is 0 Å². The molecule has 0 saturated heterocycles. The molecule has 0 bridgehead atoms. The van der Waals surface area contributed by atoms with Crippen molar-refractivity contribution < 1.29 is 9.53 Å². The summed E-state index contributed by atoms with van der Waals surface area (Å²) in [7, 11) is 1.60. The summed E-state index contributed by atoms with van der Waals surface area (Å²) in [6.07, 6.45) is 1.74. The van der Waals surface area contributed by atoms with E-state index < -0.39 is 0 Å². The third-order valence-corrected chi connectivity index (χ3v) is 5.03. The second kappa shape index (κ2) is 7.94. The lowest BCUT2D eigenvalue weighted by atomic mass is 10.1. The minimum atomic E-state index is -0.213. The average molecular weight is 403 g/mol. The minimum absolute atomic E-state index is 0.213. The van der Waals surface area contributed by atoms with Gasteiger partial charge in [-0.15, -0.1) is 0 Å². The van der Waals surface area contributed by atoms with E-state index in [0.717, 1.165) is 16.8 Å². The molecule has 0 N–H and O–H groups in total. The molecule has 1 aliphatic heterocycles. The first-order valence-corrected chi connectivity index (χ1v) is 9.55. The second-order valence-electron chi connectivity index (χ2n) is 6.66. The number of methoxy groups -OCH3 is 1. The number of para-hydroxylation sites is 1. The quantitative estimate of drug-likeness (QED) is 0.541. The highest BCUT2D eigenvalue weighted by atomic mass is 35.5. The van der Waals surface area contributed by atoms with E-state index in [1.54, 1.807) is 24.2 Å². The van der Waals surface area contributed by atoms with E-state index in [9.17, 15) is 4.79 Å². The Kier molecular flexibility index (Phi) is 5.19. The molecule has 1 aliphatic rings. The largest absolute Gasteiger partial charge is 0.496 e. The summed E-state index contributed by atoms with van der Waals surface area (Å²) in [5.41, 5.74) is 3.66. The molecule has 1 amide bonds. The molecule has 0 atom stereocenters. The monoisotopic (exact) mass is 402 g/mol. The molecular weight excluding hydrogens is 384 g/mol. The maximum absolute atomic E-state index is 13.3. The topological polar surface area (TPSA) is 41.9 Å². The van der Waals surface area contributed by atoms with Crippen molar-refractivity contribution in [2.45, 2.75) is 6.92 Å². The molecule has 144 valence electrons. The van der Waals surface area contributed by atoms with Gasteiger partial charge < -0.3 is 4.74 Å². The van der Waals surface area contributed by atoms with Crippen LogP contribution >= 0.6 is 11.6 Å². The highest BCUT2D eigenvalue weighted by molar-refractivity contribution is 6.39. The van der Waals surface area contributed by atoms with Crippen molar-refractivity contribution in [3.8, 4) is 5.75 Å². The first-order chi connectivity index (χ1) is 14.1. The highest BCUT2D eigenvalue weighted by Crippen LogP contribution is 2.31. The second-order valence-corrected chi connectivity index (χ2v) is 7.07. The number of hydrogen-bond acceptors (Lipinski definition) is 3. The molecular formula is C24H19ClN2O2. The molecule has 3 aromatic rings. The van der Waals surface area contributed by atoms with E-state index in [1.165, 1.54) is 0 Å². The zero-order chi connectivity index (χ0) is 20.4. The molecule has 0 spiro atoms. The van der Waals surface area contributed by atoms with Crippen LogP contribution in [0.3, 0.4) is 0 Å². The zero-order valence-corrected chi connectivity index (χ0v) is 16.9. The van der Waals surface area contributed by atoms with Crippen molar-refractivity contribution in [1.82, 2.24) is 0 Å². The SMILES string of the molecule is COc1ccccc1/C=C1/N=C(c2ccccc2Cl)N(c2ccc(C)cc2)C1=O. The van der Waals surface area contributed by atoms with E-state index in [1.807, 2.05) is 73.7 Å². The molecule has 29 heavy (non-hydrogen) atoms. The number of carbonyl (C=O) groups is 1. The summed E-state index contributed by atoms with van der Waals surface area (Å²) < 4.78 is 5.41. The third-order valence-electron chi connectivity index (χ3n) is 4.70. The number of halogens is 1. The molecule has 5 heteroatoms. The molecule has 4 rings (SSSR count). The number of anilines is 1. The Morgan fingerprint density at radius 2 is 1.66 bits per heavy atom. The normalized spacial score (nSPS) is 15.0. The lowest BCUT2D eigenvalue weighted by Gasteiger charge is -2.19. The third kappa shape index (κ3) is 3.67. The maximum atomic E-state index is 13.3. The standard InChI is InChI=1S/C24H19ClN2O2/c1-16-11-13-18(14-12-16)27-23(19-8-4-5-9-20(19)25)26-21(24(27)28)15-17-7-3-6-10-22(17)29-2/h3-15H,1-2H3/b21-15+. The van der Waals surface area contributed by atoms with Crippen molar-refractivity contribution in [2.24, 2.45) is 4.99 Å². The summed E-state index contributed by atoms with van der Waals surface area (Å²) >= 11 is 6.43. The van der Waals surface area contributed by atoms with Crippen LogP contribution < -0.4 is 9.64 Å². The zero-order valence-electron chi connectivity index (χ0n) is 16.1.